The fraction of sp³-hybridized carbons (Fsp3) is 0.100. The van der Waals surface area contributed by atoms with E-state index in [2.05, 4.69) is 26.7 Å². The highest BCUT2D eigenvalue weighted by Crippen LogP contribution is 2.27. The predicted molar refractivity (Wildman–Crippen MR) is 107 cm³/mol. The monoisotopic (exact) mass is 393 g/mol. The number of rotatable bonds is 5. The van der Waals surface area contributed by atoms with Gasteiger partial charge in [0.2, 0.25) is 5.95 Å². The van der Waals surface area contributed by atoms with Crippen LogP contribution in [0.5, 0.6) is 5.75 Å². The summed E-state index contributed by atoms with van der Waals surface area (Å²) in [6, 6.07) is 15.4. The third-order valence-corrected chi connectivity index (χ3v) is 4.06. The Balaban J connectivity index is 1.79. The Morgan fingerprint density at radius 2 is 1.82 bits per heavy atom. The van der Waals surface area contributed by atoms with Crippen LogP contribution < -0.4 is 15.4 Å². The second-order valence-electron chi connectivity index (χ2n) is 5.84. The van der Waals surface area contributed by atoms with Crippen LogP contribution >= 0.6 is 11.6 Å². The lowest BCUT2D eigenvalue weighted by Gasteiger charge is -2.10. The lowest BCUT2D eigenvalue weighted by atomic mass is 10.2. The number of methoxy groups -OCH3 is 1. The Morgan fingerprint density at radius 3 is 2.46 bits per heavy atom. The Labute approximate surface area is 167 Å². The number of carbonyl (C=O) groups excluding carboxylic acids is 1. The molecule has 0 fully saturated rings. The molecule has 1 aromatic heterocycles. The molecule has 0 radical (unpaired) electrons. The van der Waals surface area contributed by atoms with Crippen LogP contribution in [0.25, 0.3) is 0 Å². The first-order valence-electron chi connectivity index (χ1n) is 8.26. The number of ether oxygens (including phenoxy) is 1. The van der Waals surface area contributed by atoms with Crippen molar-refractivity contribution >= 4 is 34.8 Å². The van der Waals surface area contributed by atoms with Gasteiger partial charge in [-0.05, 0) is 55.5 Å². The second kappa shape index (κ2) is 8.37. The van der Waals surface area contributed by atoms with Crippen molar-refractivity contribution in [1.82, 2.24) is 9.97 Å². The van der Waals surface area contributed by atoms with Crippen molar-refractivity contribution < 1.29 is 9.53 Å². The summed E-state index contributed by atoms with van der Waals surface area (Å²) in [6.45, 7) is 1.77. The van der Waals surface area contributed by atoms with Crippen molar-refractivity contribution in [2.75, 3.05) is 17.7 Å². The third-order valence-electron chi connectivity index (χ3n) is 3.77. The number of halogens is 1. The number of carbonyl (C=O) groups is 1. The van der Waals surface area contributed by atoms with E-state index in [1.807, 2.05) is 0 Å². The maximum absolute atomic E-state index is 12.6. The molecule has 0 aliphatic carbocycles. The fourth-order valence-electron chi connectivity index (χ4n) is 2.44. The van der Waals surface area contributed by atoms with Gasteiger partial charge in [-0.2, -0.15) is 5.26 Å². The number of nitriles is 1. The number of nitrogens with one attached hydrogen (secondary N) is 2. The lowest BCUT2D eigenvalue weighted by Crippen LogP contribution is -2.15. The van der Waals surface area contributed by atoms with Crippen LogP contribution in [-0.2, 0) is 0 Å². The van der Waals surface area contributed by atoms with Gasteiger partial charge in [-0.25, -0.2) is 9.97 Å². The van der Waals surface area contributed by atoms with Crippen LogP contribution in [0, 0.1) is 18.3 Å². The van der Waals surface area contributed by atoms with Crippen molar-refractivity contribution in [3.05, 3.63) is 70.5 Å². The number of hydrogen-bond donors (Lipinski definition) is 2. The van der Waals surface area contributed by atoms with Crippen molar-refractivity contribution in [2.24, 2.45) is 0 Å². The molecular weight excluding hydrogens is 378 g/mol. The van der Waals surface area contributed by atoms with Crippen molar-refractivity contribution in [2.45, 2.75) is 6.92 Å². The van der Waals surface area contributed by atoms with E-state index in [-0.39, 0.29) is 11.6 Å². The van der Waals surface area contributed by atoms with Gasteiger partial charge in [-0.3, -0.25) is 4.79 Å². The topological polar surface area (TPSA) is 99.9 Å². The van der Waals surface area contributed by atoms with Gasteiger partial charge in [-0.1, -0.05) is 11.6 Å². The van der Waals surface area contributed by atoms with Gasteiger partial charge >= 0.3 is 0 Å². The van der Waals surface area contributed by atoms with Crippen LogP contribution in [0.3, 0.4) is 0 Å². The van der Waals surface area contributed by atoms with Gasteiger partial charge in [-0.15, -0.1) is 0 Å². The van der Waals surface area contributed by atoms with Gasteiger partial charge in [0.05, 0.1) is 23.8 Å². The zero-order valence-corrected chi connectivity index (χ0v) is 15.9. The Bertz CT molecular complexity index is 1060. The van der Waals surface area contributed by atoms with Crippen LogP contribution in [0.1, 0.15) is 21.7 Å². The van der Waals surface area contributed by atoms with E-state index in [1.165, 1.54) is 7.11 Å². The van der Waals surface area contributed by atoms with Crippen molar-refractivity contribution in [3.8, 4) is 11.8 Å². The number of nitrogens with zero attached hydrogens (tertiary/aromatic N) is 3. The van der Waals surface area contributed by atoms with E-state index in [1.54, 1.807) is 55.5 Å². The van der Waals surface area contributed by atoms with Crippen molar-refractivity contribution in [1.29, 1.82) is 5.26 Å². The molecule has 1 amide bonds. The average Bonchev–Trinajstić information content (AvgIpc) is 2.68. The molecule has 0 bridgehead atoms. The van der Waals surface area contributed by atoms with Gasteiger partial charge in [0.1, 0.15) is 11.4 Å². The SMILES string of the molecule is COc1ccc(NC(=O)c2cc(C)nc(Nc3ccc(C#N)cc3)n2)cc1Cl. The van der Waals surface area contributed by atoms with E-state index >= 15 is 0 Å². The molecule has 3 aromatic rings. The van der Waals surface area contributed by atoms with Crippen LogP contribution in [0.2, 0.25) is 5.02 Å². The second-order valence-corrected chi connectivity index (χ2v) is 6.24. The summed E-state index contributed by atoms with van der Waals surface area (Å²) in [5.41, 5.74) is 2.61. The van der Waals surface area contributed by atoms with E-state index in [0.29, 0.717) is 33.4 Å². The smallest absolute Gasteiger partial charge is 0.274 e. The summed E-state index contributed by atoms with van der Waals surface area (Å²) in [5, 5.41) is 15.0. The highest BCUT2D eigenvalue weighted by Gasteiger charge is 2.12. The number of amides is 1. The average molecular weight is 394 g/mol. The molecular formula is C20H16ClN5O2. The molecule has 0 aliphatic rings. The highest BCUT2D eigenvalue weighted by atomic mass is 35.5. The minimum atomic E-state index is -0.394. The van der Waals surface area contributed by atoms with Crippen LogP contribution in [-0.4, -0.2) is 23.0 Å². The molecule has 0 atom stereocenters. The molecule has 7 nitrogen and oxygen atoms in total. The summed E-state index contributed by atoms with van der Waals surface area (Å²) in [4.78, 5) is 21.1. The maximum Gasteiger partial charge on any atom is 0.274 e. The summed E-state index contributed by atoms with van der Waals surface area (Å²) in [5.74, 6) is 0.406. The fourth-order valence-corrected chi connectivity index (χ4v) is 2.69. The normalized spacial score (nSPS) is 10.1. The first-order chi connectivity index (χ1) is 13.5. The maximum atomic E-state index is 12.6. The predicted octanol–water partition coefficient (Wildman–Crippen LogP) is 4.31. The number of anilines is 3. The van der Waals surface area contributed by atoms with Gasteiger partial charge in [0, 0.05) is 17.1 Å². The molecule has 0 saturated carbocycles. The summed E-state index contributed by atoms with van der Waals surface area (Å²) in [7, 11) is 1.52. The molecule has 2 N–H and O–H groups in total. The minimum Gasteiger partial charge on any atom is -0.495 e. The minimum absolute atomic E-state index is 0.204. The zero-order chi connectivity index (χ0) is 20.1. The Morgan fingerprint density at radius 1 is 1.11 bits per heavy atom. The highest BCUT2D eigenvalue weighted by molar-refractivity contribution is 6.32. The summed E-state index contributed by atoms with van der Waals surface area (Å²) < 4.78 is 5.10. The molecule has 0 saturated heterocycles. The van der Waals surface area contributed by atoms with E-state index < -0.39 is 5.91 Å². The third kappa shape index (κ3) is 4.55. The Kier molecular flexibility index (Phi) is 5.72. The number of aryl methyl sites for hydroxylation is 1. The van der Waals surface area contributed by atoms with E-state index in [0.717, 1.165) is 0 Å². The first kappa shape index (κ1) is 19.1. The lowest BCUT2D eigenvalue weighted by molar-refractivity contribution is 0.102. The standard InChI is InChI=1S/C20H16ClN5O2/c1-12-9-17(19(27)24-15-7-8-18(28-2)16(21)10-15)26-20(23-12)25-14-5-3-13(11-22)4-6-14/h3-10H,1-2H3,(H,24,27)(H,23,25,26). The van der Waals surface area contributed by atoms with Gasteiger partial charge < -0.3 is 15.4 Å². The van der Waals surface area contributed by atoms with Crippen molar-refractivity contribution in [3.63, 3.8) is 0 Å². The number of benzene rings is 2. The van der Waals surface area contributed by atoms with Gasteiger partial charge in [0.25, 0.3) is 5.91 Å². The molecule has 0 aliphatic heterocycles. The molecule has 28 heavy (non-hydrogen) atoms. The Hall–Kier alpha value is -3.63. The van der Waals surface area contributed by atoms with Crippen LogP contribution in [0.15, 0.2) is 48.5 Å². The van der Waals surface area contributed by atoms with E-state index in [4.69, 9.17) is 21.6 Å². The molecule has 140 valence electrons. The first-order valence-corrected chi connectivity index (χ1v) is 8.64. The molecule has 1 heterocycles. The largest absolute Gasteiger partial charge is 0.495 e. The van der Waals surface area contributed by atoms with Crippen LogP contribution in [0.4, 0.5) is 17.3 Å². The molecule has 0 spiro atoms. The molecule has 0 unspecified atom stereocenters. The molecule has 8 heteroatoms. The zero-order valence-electron chi connectivity index (χ0n) is 15.2. The summed E-state index contributed by atoms with van der Waals surface area (Å²) >= 11 is 6.09. The molecule has 2 aromatic carbocycles. The van der Waals surface area contributed by atoms with E-state index in [9.17, 15) is 4.79 Å². The quantitative estimate of drug-likeness (QED) is 0.669. The number of aromatic nitrogens is 2. The summed E-state index contributed by atoms with van der Waals surface area (Å²) in [6.07, 6.45) is 0. The number of hydrogen-bond acceptors (Lipinski definition) is 6. The molecule has 3 rings (SSSR count). The van der Waals surface area contributed by atoms with Gasteiger partial charge in [0.15, 0.2) is 0 Å².